The first kappa shape index (κ1) is 12.8. The molecule has 0 aliphatic heterocycles. The van der Waals surface area contributed by atoms with Crippen molar-refractivity contribution in [2.45, 2.75) is 0 Å². The fraction of sp³-hybridized carbons (Fsp3) is 0.133. The van der Waals surface area contributed by atoms with Crippen LogP contribution in [-0.4, -0.2) is 14.2 Å². The van der Waals surface area contributed by atoms with E-state index in [1.807, 2.05) is 0 Å². The Balaban J connectivity index is 2.50. The minimum atomic E-state index is -0.435. The maximum atomic E-state index is 12.1. The van der Waals surface area contributed by atoms with Crippen LogP contribution in [-0.2, 0) is 0 Å². The quantitative estimate of drug-likeness (QED) is 0.534. The van der Waals surface area contributed by atoms with E-state index < -0.39 is 5.63 Å². The molecule has 20 heavy (non-hydrogen) atoms. The predicted molar refractivity (Wildman–Crippen MR) is 78.1 cm³/mol. The van der Waals surface area contributed by atoms with Gasteiger partial charge in [-0.3, -0.25) is 0 Å². The monoisotopic (exact) mass is 290 g/mol. The van der Waals surface area contributed by atoms with Gasteiger partial charge in [-0.1, -0.05) is 11.6 Å². The van der Waals surface area contributed by atoms with Crippen molar-refractivity contribution in [2.75, 3.05) is 14.2 Å². The van der Waals surface area contributed by atoms with Gasteiger partial charge in [0.2, 0.25) is 0 Å². The fourth-order valence-corrected chi connectivity index (χ4v) is 2.51. The van der Waals surface area contributed by atoms with Crippen LogP contribution in [0.25, 0.3) is 21.7 Å². The molecular formula is C15H11ClO4. The Morgan fingerprint density at radius 2 is 1.75 bits per heavy atom. The summed E-state index contributed by atoms with van der Waals surface area (Å²) in [4.78, 5) is 12.1. The molecule has 0 unspecified atom stereocenters. The van der Waals surface area contributed by atoms with Crippen LogP contribution in [0.3, 0.4) is 0 Å². The average Bonchev–Trinajstić information content (AvgIpc) is 2.46. The Kier molecular flexibility index (Phi) is 3.03. The van der Waals surface area contributed by atoms with Crippen molar-refractivity contribution in [3.8, 4) is 11.5 Å². The first-order valence-corrected chi connectivity index (χ1v) is 6.30. The van der Waals surface area contributed by atoms with Crippen molar-refractivity contribution in [3.05, 3.63) is 45.8 Å². The lowest BCUT2D eigenvalue weighted by Crippen LogP contribution is -2.00. The number of hydrogen-bond donors (Lipinski definition) is 0. The van der Waals surface area contributed by atoms with Gasteiger partial charge in [0.1, 0.15) is 17.1 Å². The summed E-state index contributed by atoms with van der Waals surface area (Å²) < 4.78 is 15.6. The number of methoxy groups -OCH3 is 2. The number of halogens is 1. The summed E-state index contributed by atoms with van der Waals surface area (Å²) in [7, 11) is 3.07. The van der Waals surface area contributed by atoms with E-state index in [1.165, 1.54) is 7.11 Å². The first-order chi connectivity index (χ1) is 9.63. The molecule has 1 aromatic heterocycles. The van der Waals surface area contributed by atoms with Crippen molar-refractivity contribution in [3.63, 3.8) is 0 Å². The highest BCUT2D eigenvalue weighted by atomic mass is 35.5. The molecule has 3 aromatic rings. The molecule has 1 heterocycles. The van der Waals surface area contributed by atoms with E-state index in [0.717, 1.165) is 5.39 Å². The molecule has 0 spiro atoms. The zero-order chi connectivity index (χ0) is 14.3. The van der Waals surface area contributed by atoms with Gasteiger partial charge in [0.05, 0.1) is 24.6 Å². The molecule has 0 N–H and O–H groups in total. The van der Waals surface area contributed by atoms with Gasteiger partial charge < -0.3 is 13.9 Å². The second-order valence-corrected chi connectivity index (χ2v) is 4.69. The Morgan fingerprint density at radius 3 is 2.45 bits per heavy atom. The van der Waals surface area contributed by atoms with Crippen LogP contribution in [0.4, 0.5) is 0 Å². The van der Waals surface area contributed by atoms with Crippen LogP contribution in [0.5, 0.6) is 11.5 Å². The molecule has 5 heteroatoms. The molecule has 0 aliphatic rings. The minimum Gasteiger partial charge on any atom is -0.497 e. The van der Waals surface area contributed by atoms with Gasteiger partial charge in [0.15, 0.2) is 0 Å². The van der Waals surface area contributed by atoms with E-state index in [-0.39, 0.29) is 0 Å². The Morgan fingerprint density at radius 1 is 1.00 bits per heavy atom. The largest absolute Gasteiger partial charge is 0.497 e. The lowest BCUT2D eigenvalue weighted by atomic mass is 10.1. The molecule has 0 atom stereocenters. The lowest BCUT2D eigenvalue weighted by molar-refractivity contribution is 0.414. The molecule has 102 valence electrons. The number of rotatable bonds is 2. The highest BCUT2D eigenvalue weighted by Gasteiger charge is 2.13. The number of ether oxygens (including phenoxy) is 2. The van der Waals surface area contributed by atoms with Crippen LogP contribution >= 0.6 is 11.6 Å². The summed E-state index contributed by atoms with van der Waals surface area (Å²) in [6.07, 6.45) is 0. The molecule has 3 rings (SSSR count). The topological polar surface area (TPSA) is 48.7 Å². The molecule has 0 amide bonds. The fourth-order valence-electron chi connectivity index (χ4n) is 2.21. The van der Waals surface area contributed by atoms with Crippen LogP contribution in [0.1, 0.15) is 0 Å². The molecule has 2 aromatic carbocycles. The van der Waals surface area contributed by atoms with Crippen molar-refractivity contribution >= 4 is 33.3 Å². The van der Waals surface area contributed by atoms with Gasteiger partial charge in [-0.25, -0.2) is 4.79 Å². The maximum absolute atomic E-state index is 12.1. The zero-order valence-electron chi connectivity index (χ0n) is 10.9. The maximum Gasteiger partial charge on any atom is 0.344 e. The van der Waals surface area contributed by atoms with Crippen LogP contribution in [0.15, 0.2) is 39.5 Å². The summed E-state index contributed by atoms with van der Waals surface area (Å²) in [6, 6.07) is 8.55. The minimum absolute atomic E-state index is 0.400. The van der Waals surface area contributed by atoms with Gasteiger partial charge >= 0.3 is 5.63 Å². The predicted octanol–water partition coefficient (Wildman–Crippen LogP) is 3.62. The van der Waals surface area contributed by atoms with Crippen molar-refractivity contribution in [2.24, 2.45) is 0 Å². The highest BCUT2D eigenvalue weighted by Crippen LogP contribution is 2.34. The standard InChI is InChI=1S/C15H11ClO4/c1-18-8-3-4-10-11(5-8)15(17)20-13-7-9(19-2)6-12(16)14(10)13/h3-7H,1-2H3. The summed E-state index contributed by atoms with van der Waals surface area (Å²) >= 11 is 6.27. The Bertz CT molecular complexity index is 867. The summed E-state index contributed by atoms with van der Waals surface area (Å²) in [5, 5.41) is 2.32. The molecular weight excluding hydrogens is 280 g/mol. The van der Waals surface area contributed by atoms with Crippen molar-refractivity contribution in [1.29, 1.82) is 0 Å². The lowest BCUT2D eigenvalue weighted by Gasteiger charge is -2.08. The SMILES string of the molecule is COc1cc(Cl)c2c(c1)oc(=O)c1cc(OC)ccc12. The van der Waals surface area contributed by atoms with E-state index in [9.17, 15) is 4.79 Å². The number of benzene rings is 2. The molecule has 0 aliphatic carbocycles. The summed E-state index contributed by atoms with van der Waals surface area (Å²) in [5.74, 6) is 1.13. The van der Waals surface area contributed by atoms with Gasteiger partial charge in [-0.15, -0.1) is 0 Å². The highest BCUT2D eigenvalue weighted by molar-refractivity contribution is 6.37. The third kappa shape index (κ3) is 1.89. The van der Waals surface area contributed by atoms with Gasteiger partial charge in [0, 0.05) is 16.8 Å². The second kappa shape index (κ2) is 4.72. The molecule has 0 bridgehead atoms. The molecule has 0 saturated carbocycles. The van der Waals surface area contributed by atoms with Gasteiger partial charge in [-0.2, -0.15) is 0 Å². The Labute approximate surface area is 119 Å². The van der Waals surface area contributed by atoms with Crippen molar-refractivity contribution in [1.82, 2.24) is 0 Å². The number of fused-ring (bicyclic) bond motifs is 3. The normalized spacial score (nSPS) is 10.9. The molecule has 0 radical (unpaired) electrons. The smallest absolute Gasteiger partial charge is 0.344 e. The van der Waals surface area contributed by atoms with Crippen LogP contribution < -0.4 is 15.1 Å². The van der Waals surface area contributed by atoms with Crippen LogP contribution in [0.2, 0.25) is 5.02 Å². The third-order valence-electron chi connectivity index (χ3n) is 3.18. The van der Waals surface area contributed by atoms with E-state index in [2.05, 4.69) is 0 Å². The molecule has 0 fully saturated rings. The van der Waals surface area contributed by atoms with E-state index in [4.69, 9.17) is 25.5 Å². The molecule has 4 nitrogen and oxygen atoms in total. The first-order valence-electron chi connectivity index (χ1n) is 5.92. The van der Waals surface area contributed by atoms with Gasteiger partial charge in [0.25, 0.3) is 0 Å². The third-order valence-corrected chi connectivity index (χ3v) is 3.48. The van der Waals surface area contributed by atoms with E-state index >= 15 is 0 Å². The van der Waals surface area contributed by atoms with E-state index in [0.29, 0.717) is 32.9 Å². The second-order valence-electron chi connectivity index (χ2n) is 4.28. The zero-order valence-corrected chi connectivity index (χ0v) is 11.7. The average molecular weight is 291 g/mol. The Hall–Kier alpha value is -2.20. The summed E-state index contributed by atoms with van der Waals surface area (Å²) in [5.41, 5.74) is -0.0345. The number of hydrogen-bond acceptors (Lipinski definition) is 4. The summed E-state index contributed by atoms with van der Waals surface area (Å²) in [6.45, 7) is 0. The van der Waals surface area contributed by atoms with Gasteiger partial charge in [-0.05, 0) is 24.3 Å². The molecule has 0 saturated heterocycles. The van der Waals surface area contributed by atoms with Crippen LogP contribution in [0, 0.1) is 0 Å². The van der Waals surface area contributed by atoms with E-state index in [1.54, 1.807) is 37.4 Å². The van der Waals surface area contributed by atoms with Crippen molar-refractivity contribution < 1.29 is 13.9 Å².